The lowest BCUT2D eigenvalue weighted by Gasteiger charge is -2.15. The molecule has 5 nitrogen and oxygen atoms in total. The van der Waals surface area contributed by atoms with Crippen LogP contribution >= 0.6 is 0 Å². The van der Waals surface area contributed by atoms with Crippen molar-refractivity contribution < 1.29 is 14.0 Å². The van der Waals surface area contributed by atoms with Crippen LogP contribution in [0.25, 0.3) is 11.3 Å². The van der Waals surface area contributed by atoms with E-state index in [0.717, 1.165) is 11.1 Å². The molecular formula is C13H16N2O3. The van der Waals surface area contributed by atoms with Gasteiger partial charge in [-0.15, -0.1) is 0 Å². The highest BCUT2D eigenvalue weighted by atomic mass is 16.5. The number of nitrogens with two attached hydrogens (primary N) is 1. The third-order valence-electron chi connectivity index (χ3n) is 2.67. The van der Waals surface area contributed by atoms with Gasteiger partial charge in [0.2, 0.25) is 0 Å². The first-order chi connectivity index (χ1) is 8.74. The van der Waals surface area contributed by atoms with Crippen molar-refractivity contribution in [2.45, 2.75) is 6.10 Å². The fraction of sp³-hybridized carbons (Fsp3) is 0.308. The van der Waals surface area contributed by atoms with Crippen LogP contribution in [-0.4, -0.2) is 26.0 Å². The number of aromatic nitrogens is 1. The maximum Gasteiger partial charge on any atom is 0.169 e. The number of anilines is 1. The highest BCUT2D eigenvalue weighted by molar-refractivity contribution is 5.60. The highest BCUT2D eigenvalue weighted by Gasteiger charge is 2.12. The van der Waals surface area contributed by atoms with Gasteiger partial charge in [0.1, 0.15) is 6.10 Å². The van der Waals surface area contributed by atoms with Crippen LogP contribution < -0.4 is 5.73 Å². The SMILES string of the molecule is COCC(OC)c1cccc(-c2cc(N)no2)c1. The first kappa shape index (κ1) is 12.6. The van der Waals surface area contributed by atoms with Gasteiger partial charge in [0.05, 0.1) is 6.61 Å². The molecule has 18 heavy (non-hydrogen) atoms. The molecule has 0 saturated heterocycles. The third-order valence-corrected chi connectivity index (χ3v) is 2.67. The van der Waals surface area contributed by atoms with Gasteiger partial charge in [-0.3, -0.25) is 0 Å². The molecule has 1 unspecified atom stereocenters. The Morgan fingerprint density at radius 1 is 1.33 bits per heavy atom. The molecule has 1 aromatic heterocycles. The predicted octanol–water partition coefficient (Wildman–Crippen LogP) is 2.26. The standard InChI is InChI=1S/C13H16N2O3/c1-16-8-12(17-2)10-5-3-4-9(6-10)11-7-13(14)15-18-11/h3-7,12H,8H2,1-2H3,(H2,14,15). The van der Waals surface area contributed by atoms with Gasteiger partial charge in [0.15, 0.2) is 11.6 Å². The van der Waals surface area contributed by atoms with Gasteiger partial charge < -0.3 is 19.7 Å². The number of nitrogens with zero attached hydrogens (tertiary/aromatic N) is 1. The van der Waals surface area contributed by atoms with E-state index in [1.54, 1.807) is 20.3 Å². The quantitative estimate of drug-likeness (QED) is 0.878. The topological polar surface area (TPSA) is 70.5 Å². The Kier molecular flexibility index (Phi) is 3.96. The van der Waals surface area contributed by atoms with E-state index in [0.29, 0.717) is 18.2 Å². The highest BCUT2D eigenvalue weighted by Crippen LogP contribution is 2.25. The van der Waals surface area contributed by atoms with E-state index < -0.39 is 0 Å². The summed E-state index contributed by atoms with van der Waals surface area (Å²) in [4.78, 5) is 0. The minimum Gasteiger partial charge on any atom is -0.382 e. The van der Waals surface area contributed by atoms with Crippen LogP contribution in [-0.2, 0) is 9.47 Å². The van der Waals surface area contributed by atoms with Crippen molar-refractivity contribution in [2.75, 3.05) is 26.6 Å². The fourth-order valence-corrected chi connectivity index (χ4v) is 1.77. The number of hydrogen-bond donors (Lipinski definition) is 1. The summed E-state index contributed by atoms with van der Waals surface area (Å²) in [6.45, 7) is 0.499. The zero-order valence-corrected chi connectivity index (χ0v) is 10.4. The smallest absolute Gasteiger partial charge is 0.169 e. The molecule has 2 rings (SSSR count). The molecule has 2 aromatic rings. The van der Waals surface area contributed by atoms with Crippen LogP contribution in [0.4, 0.5) is 5.82 Å². The molecule has 96 valence electrons. The van der Waals surface area contributed by atoms with E-state index in [-0.39, 0.29) is 6.10 Å². The van der Waals surface area contributed by atoms with Crippen molar-refractivity contribution in [2.24, 2.45) is 0 Å². The van der Waals surface area contributed by atoms with Crippen molar-refractivity contribution in [1.82, 2.24) is 5.16 Å². The largest absolute Gasteiger partial charge is 0.382 e. The lowest BCUT2D eigenvalue weighted by molar-refractivity contribution is 0.0275. The zero-order chi connectivity index (χ0) is 13.0. The molecule has 1 aromatic carbocycles. The van der Waals surface area contributed by atoms with E-state index >= 15 is 0 Å². The van der Waals surface area contributed by atoms with Crippen molar-refractivity contribution in [3.05, 3.63) is 35.9 Å². The molecule has 0 fully saturated rings. The number of rotatable bonds is 5. The molecule has 2 N–H and O–H groups in total. The van der Waals surface area contributed by atoms with Gasteiger partial charge >= 0.3 is 0 Å². The number of nitrogen functional groups attached to an aromatic ring is 1. The number of ether oxygens (including phenoxy) is 2. The maximum atomic E-state index is 5.54. The monoisotopic (exact) mass is 248 g/mol. The van der Waals surface area contributed by atoms with Gasteiger partial charge in [0.25, 0.3) is 0 Å². The average molecular weight is 248 g/mol. The van der Waals surface area contributed by atoms with Crippen molar-refractivity contribution in [3.63, 3.8) is 0 Å². The van der Waals surface area contributed by atoms with E-state index in [9.17, 15) is 0 Å². The van der Waals surface area contributed by atoms with Crippen LogP contribution in [0.2, 0.25) is 0 Å². The van der Waals surface area contributed by atoms with Crippen LogP contribution in [0.3, 0.4) is 0 Å². The molecule has 1 heterocycles. The Morgan fingerprint density at radius 3 is 2.78 bits per heavy atom. The molecule has 0 saturated carbocycles. The van der Waals surface area contributed by atoms with E-state index in [1.807, 2.05) is 24.3 Å². The third kappa shape index (κ3) is 2.69. The molecular weight excluding hydrogens is 232 g/mol. The zero-order valence-electron chi connectivity index (χ0n) is 10.4. The fourth-order valence-electron chi connectivity index (χ4n) is 1.77. The second-order valence-electron chi connectivity index (χ2n) is 3.92. The Labute approximate surface area is 105 Å². The molecule has 0 aliphatic carbocycles. The second kappa shape index (κ2) is 5.66. The molecule has 0 bridgehead atoms. The molecule has 0 aliphatic rings. The Bertz CT molecular complexity index is 510. The van der Waals surface area contributed by atoms with Crippen molar-refractivity contribution in [1.29, 1.82) is 0 Å². The van der Waals surface area contributed by atoms with E-state index in [2.05, 4.69) is 5.16 Å². The number of methoxy groups -OCH3 is 2. The molecule has 0 aliphatic heterocycles. The van der Waals surface area contributed by atoms with Crippen molar-refractivity contribution >= 4 is 5.82 Å². The van der Waals surface area contributed by atoms with Crippen LogP contribution in [0.5, 0.6) is 0 Å². The summed E-state index contributed by atoms with van der Waals surface area (Å²) in [7, 11) is 3.30. The second-order valence-corrected chi connectivity index (χ2v) is 3.92. The summed E-state index contributed by atoms with van der Waals surface area (Å²) in [5.41, 5.74) is 7.47. The maximum absolute atomic E-state index is 5.54. The van der Waals surface area contributed by atoms with E-state index in [1.165, 1.54) is 0 Å². The van der Waals surface area contributed by atoms with Crippen LogP contribution in [0, 0.1) is 0 Å². The lowest BCUT2D eigenvalue weighted by atomic mass is 10.0. The van der Waals surface area contributed by atoms with E-state index in [4.69, 9.17) is 19.7 Å². The Hall–Kier alpha value is -1.85. The summed E-state index contributed by atoms with van der Waals surface area (Å²) < 4.78 is 15.6. The normalized spacial score (nSPS) is 12.6. The molecule has 0 spiro atoms. The first-order valence-corrected chi connectivity index (χ1v) is 5.59. The predicted molar refractivity (Wildman–Crippen MR) is 68.0 cm³/mol. The number of benzene rings is 1. The summed E-state index contributed by atoms with van der Waals surface area (Å²) >= 11 is 0. The first-order valence-electron chi connectivity index (χ1n) is 5.59. The molecule has 0 amide bonds. The minimum absolute atomic E-state index is 0.102. The Balaban J connectivity index is 2.29. The minimum atomic E-state index is -0.102. The lowest BCUT2D eigenvalue weighted by Crippen LogP contribution is -2.08. The summed E-state index contributed by atoms with van der Waals surface area (Å²) in [5, 5.41) is 3.67. The van der Waals surface area contributed by atoms with Gasteiger partial charge in [-0.05, 0) is 11.6 Å². The van der Waals surface area contributed by atoms with Gasteiger partial charge in [-0.25, -0.2) is 0 Å². The Morgan fingerprint density at radius 2 is 2.17 bits per heavy atom. The van der Waals surface area contributed by atoms with Gasteiger partial charge in [-0.2, -0.15) is 0 Å². The van der Waals surface area contributed by atoms with Gasteiger partial charge in [0, 0.05) is 25.8 Å². The summed E-state index contributed by atoms with van der Waals surface area (Å²) in [6, 6.07) is 9.52. The average Bonchev–Trinajstić information content (AvgIpc) is 2.83. The molecule has 5 heteroatoms. The van der Waals surface area contributed by atoms with Crippen LogP contribution in [0.15, 0.2) is 34.9 Å². The number of hydrogen-bond acceptors (Lipinski definition) is 5. The molecule has 1 atom stereocenters. The summed E-state index contributed by atoms with van der Waals surface area (Å²) in [6.07, 6.45) is -0.102. The van der Waals surface area contributed by atoms with Crippen LogP contribution in [0.1, 0.15) is 11.7 Å². The summed E-state index contributed by atoms with van der Waals surface area (Å²) in [5.74, 6) is 1.01. The van der Waals surface area contributed by atoms with Gasteiger partial charge in [-0.1, -0.05) is 23.4 Å². The molecule has 0 radical (unpaired) electrons. The van der Waals surface area contributed by atoms with Crippen molar-refractivity contribution in [3.8, 4) is 11.3 Å².